The molecule has 25 valence electrons. The minimum atomic E-state index is 0. The molecular formula is C2H3ClNaO. The van der Waals surface area contributed by atoms with E-state index in [4.69, 9.17) is 16.4 Å². The van der Waals surface area contributed by atoms with Gasteiger partial charge in [0.25, 0.3) is 0 Å². The zero-order chi connectivity index (χ0) is 3.41. The Labute approximate surface area is 58.0 Å². The zero-order valence-electron chi connectivity index (χ0n) is 1.94. The Kier molecular flexibility index (Phi) is 16.6. The normalized spacial score (nSPS) is 5.00. The van der Waals surface area contributed by atoms with Crippen molar-refractivity contribution in [3.05, 3.63) is 5.88 Å². The number of carbonyl (C=O) groups is 1. The van der Waals surface area contributed by atoms with E-state index < -0.39 is 0 Å². The van der Waals surface area contributed by atoms with E-state index in [-0.39, 0.29) is 29.6 Å². The van der Waals surface area contributed by atoms with Gasteiger partial charge in [-0.05, 0) is 0 Å². The van der Waals surface area contributed by atoms with Crippen molar-refractivity contribution in [3.63, 3.8) is 0 Å². The topological polar surface area (TPSA) is 17.1 Å². The van der Waals surface area contributed by atoms with Crippen LogP contribution in [-0.2, 0) is 4.79 Å². The Morgan fingerprint density at radius 2 is 1.80 bits per heavy atom. The monoisotopic (exact) mass is 101 g/mol. The minimum absolute atomic E-state index is 0. The van der Waals surface area contributed by atoms with E-state index in [1.807, 2.05) is 0 Å². The summed E-state index contributed by atoms with van der Waals surface area (Å²) in [5, 5.41) is 0. The molecule has 0 aliphatic rings. The van der Waals surface area contributed by atoms with Gasteiger partial charge in [-0.25, -0.2) is 0 Å². The number of hydrogen-bond acceptors (Lipinski definition) is 1. The maximum absolute atomic E-state index is 8.99. The fourth-order valence-electron chi connectivity index (χ4n) is 0. The molecule has 1 radical (unpaired) electrons. The second-order valence-corrected chi connectivity index (χ2v) is 0.514. The first-order valence-corrected chi connectivity index (χ1v) is 1.22. The molecule has 0 atom stereocenters. The van der Waals surface area contributed by atoms with Gasteiger partial charge in [-0.15, -0.1) is 11.6 Å². The van der Waals surface area contributed by atoms with Gasteiger partial charge in [0.2, 0.25) is 0 Å². The number of halogens is 1. The van der Waals surface area contributed by atoms with Gasteiger partial charge in [0.15, 0.2) is 0 Å². The molecule has 0 bridgehead atoms. The fraction of sp³-hybridized carbons (Fsp3) is 0. The van der Waals surface area contributed by atoms with Crippen molar-refractivity contribution in [3.8, 4) is 0 Å². The Bertz CT molecular complexity index is 23.6. The summed E-state index contributed by atoms with van der Waals surface area (Å²) in [6.45, 7) is 0. The summed E-state index contributed by atoms with van der Waals surface area (Å²) in [6, 6.07) is 0. The van der Waals surface area contributed by atoms with Crippen molar-refractivity contribution < 1.29 is 4.79 Å². The zero-order valence-corrected chi connectivity index (χ0v) is 2.70. The molecule has 0 unspecified atom stereocenters. The van der Waals surface area contributed by atoms with Crippen molar-refractivity contribution in [2.45, 2.75) is 0 Å². The molecule has 0 saturated carbocycles. The van der Waals surface area contributed by atoms with E-state index >= 15 is 0 Å². The van der Waals surface area contributed by atoms with Crippen LogP contribution in [-0.4, -0.2) is 35.8 Å². The summed E-state index contributed by atoms with van der Waals surface area (Å²) >= 11 is 4.69. The van der Waals surface area contributed by atoms with Gasteiger partial charge in [-0.3, -0.25) is 0 Å². The van der Waals surface area contributed by atoms with Crippen molar-refractivity contribution in [2.24, 2.45) is 0 Å². The standard InChI is InChI=1S/C2H2ClO.Na.H/c3-1-2-4;;/h1-2H;;. The van der Waals surface area contributed by atoms with Gasteiger partial charge in [0, 0.05) is 0 Å². The van der Waals surface area contributed by atoms with Crippen LogP contribution in [0.2, 0.25) is 0 Å². The van der Waals surface area contributed by atoms with Crippen molar-refractivity contribution in [1.82, 2.24) is 0 Å². The molecule has 5 heavy (non-hydrogen) atoms. The number of aldehydes is 1. The Balaban J connectivity index is 0. The molecule has 0 spiro atoms. The van der Waals surface area contributed by atoms with Crippen LogP contribution < -0.4 is 0 Å². The Morgan fingerprint density at radius 3 is 1.80 bits per heavy atom. The van der Waals surface area contributed by atoms with Crippen molar-refractivity contribution >= 4 is 47.4 Å². The molecule has 0 aromatic rings. The molecule has 0 heterocycles. The third-order valence-electron chi connectivity index (χ3n) is 0.0514. The molecule has 0 saturated heterocycles. The average Bonchev–Trinajstić information content (AvgIpc) is 1.37. The first kappa shape index (κ1) is 9.35. The van der Waals surface area contributed by atoms with Crippen LogP contribution in [0.3, 0.4) is 0 Å². The number of hydrogen-bond donors (Lipinski definition) is 0. The first-order valence-electron chi connectivity index (χ1n) is 0.787. The van der Waals surface area contributed by atoms with E-state index in [9.17, 15) is 0 Å². The molecule has 1 nitrogen and oxygen atoms in total. The fourth-order valence-corrected chi connectivity index (χ4v) is 0. The van der Waals surface area contributed by atoms with Gasteiger partial charge in [0.05, 0.1) is 0 Å². The first-order chi connectivity index (χ1) is 1.91. The van der Waals surface area contributed by atoms with Gasteiger partial charge in [-0.2, -0.15) is 0 Å². The summed E-state index contributed by atoms with van der Waals surface area (Å²) < 4.78 is 0. The maximum atomic E-state index is 8.99. The van der Waals surface area contributed by atoms with Crippen LogP contribution in [0, 0.1) is 5.88 Å². The summed E-state index contributed by atoms with van der Waals surface area (Å²) in [6.07, 6.45) is 0.515. The molecular weight excluding hydrogens is 98.5 g/mol. The molecule has 0 rings (SSSR count). The van der Waals surface area contributed by atoms with Crippen LogP contribution in [0.15, 0.2) is 0 Å². The predicted octanol–water partition coefficient (Wildman–Crippen LogP) is -0.0626. The van der Waals surface area contributed by atoms with Crippen molar-refractivity contribution in [1.29, 1.82) is 0 Å². The van der Waals surface area contributed by atoms with Crippen molar-refractivity contribution in [2.75, 3.05) is 0 Å². The molecule has 0 aliphatic heterocycles. The average molecular weight is 101 g/mol. The third-order valence-corrected chi connectivity index (χ3v) is 0.154. The molecule has 0 fully saturated rings. The van der Waals surface area contributed by atoms with Crippen LogP contribution in [0.5, 0.6) is 0 Å². The van der Waals surface area contributed by atoms with Crippen LogP contribution in [0.1, 0.15) is 0 Å². The summed E-state index contributed by atoms with van der Waals surface area (Å²) in [4.78, 5) is 8.99. The molecule has 3 heteroatoms. The van der Waals surface area contributed by atoms with E-state index in [0.717, 1.165) is 5.88 Å². The summed E-state index contributed by atoms with van der Waals surface area (Å²) in [5.74, 6) is 0.917. The third kappa shape index (κ3) is 11.3. The second kappa shape index (κ2) is 8.88. The number of carbonyl (C=O) groups excluding carboxylic acids is 1. The van der Waals surface area contributed by atoms with E-state index in [0.29, 0.717) is 6.29 Å². The summed E-state index contributed by atoms with van der Waals surface area (Å²) in [5.41, 5.74) is 0. The van der Waals surface area contributed by atoms with Gasteiger partial charge in [0.1, 0.15) is 12.2 Å². The molecule has 0 aromatic heterocycles. The predicted molar refractivity (Wildman–Crippen MR) is 23.4 cm³/mol. The van der Waals surface area contributed by atoms with Gasteiger partial charge >= 0.3 is 29.6 Å². The van der Waals surface area contributed by atoms with E-state index in [2.05, 4.69) is 0 Å². The van der Waals surface area contributed by atoms with Gasteiger partial charge in [-0.1, -0.05) is 0 Å². The summed E-state index contributed by atoms with van der Waals surface area (Å²) in [7, 11) is 0. The molecule has 0 amide bonds. The quantitative estimate of drug-likeness (QED) is 0.334. The Morgan fingerprint density at radius 1 is 1.60 bits per heavy atom. The van der Waals surface area contributed by atoms with E-state index in [1.54, 1.807) is 0 Å². The van der Waals surface area contributed by atoms with Crippen LogP contribution >= 0.6 is 11.6 Å². The molecule has 0 aromatic carbocycles. The van der Waals surface area contributed by atoms with Crippen LogP contribution in [0.4, 0.5) is 0 Å². The SMILES string of the molecule is O=C[CH]Cl.[NaH]. The van der Waals surface area contributed by atoms with Gasteiger partial charge < -0.3 is 4.79 Å². The second-order valence-electron chi connectivity index (χ2n) is 0.262. The number of rotatable bonds is 1. The van der Waals surface area contributed by atoms with E-state index in [1.165, 1.54) is 0 Å². The Hall–Kier alpha value is 0.960. The molecule has 0 N–H and O–H groups in total. The van der Waals surface area contributed by atoms with Crippen LogP contribution in [0.25, 0.3) is 0 Å². The molecule has 0 aliphatic carbocycles.